The summed E-state index contributed by atoms with van der Waals surface area (Å²) in [7, 11) is 0. The summed E-state index contributed by atoms with van der Waals surface area (Å²) in [6.45, 7) is 6.42. The Morgan fingerprint density at radius 1 is 1.33 bits per heavy atom. The summed E-state index contributed by atoms with van der Waals surface area (Å²) in [5.74, 6) is -0.772. The van der Waals surface area contributed by atoms with Gasteiger partial charge in [-0.25, -0.2) is 4.79 Å². The van der Waals surface area contributed by atoms with Crippen molar-refractivity contribution in [1.29, 1.82) is 0 Å². The van der Waals surface area contributed by atoms with Gasteiger partial charge in [0.15, 0.2) is 6.10 Å². The number of carbonyl (C=O) groups excluding carboxylic acids is 2. The van der Waals surface area contributed by atoms with Gasteiger partial charge in [-0.15, -0.1) is 0 Å². The van der Waals surface area contributed by atoms with Crippen molar-refractivity contribution in [2.75, 3.05) is 13.1 Å². The summed E-state index contributed by atoms with van der Waals surface area (Å²) in [4.78, 5) is 26.0. The lowest BCUT2D eigenvalue weighted by molar-refractivity contribution is -0.161. The first kappa shape index (κ1) is 18.5. The Labute approximate surface area is 147 Å². The quantitative estimate of drug-likeness (QED) is 0.618. The van der Waals surface area contributed by atoms with Crippen molar-refractivity contribution in [3.05, 3.63) is 40.9 Å². The van der Waals surface area contributed by atoms with E-state index < -0.39 is 12.1 Å². The first-order valence-corrected chi connectivity index (χ1v) is 8.31. The number of morpholine rings is 1. The molecule has 1 saturated heterocycles. The molecule has 24 heavy (non-hydrogen) atoms. The van der Waals surface area contributed by atoms with Gasteiger partial charge in [0.1, 0.15) is 0 Å². The zero-order chi connectivity index (χ0) is 17.7. The lowest BCUT2D eigenvalue weighted by Gasteiger charge is -2.36. The molecule has 1 aliphatic rings. The second-order valence-electron chi connectivity index (χ2n) is 5.97. The fourth-order valence-electron chi connectivity index (χ4n) is 2.65. The maximum Gasteiger partial charge on any atom is 0.331 e. The van der Waals surface area contributed by atoms with Gasteiger partial charge in [-0.1, -0.05) is 23.7 Å². The van der Waals surface area contributed by atoms with Crippen molar-refractivity contribution in [3.8, 4) is 0 Å². The van der Waals surface area contributed by atoms with E-state index in [0.717, 1.165) is 5.56 Å². The minimum atomic E-state index is -0.834. The summed E-state index contributed by atoms with van der Waals surface area (Å²) >= 11 is 5.89. The third-order valence-electron chi connectivity index (χ3n) is 3.63. The summed E-state index contributed by atoms with van der Waals surface area (Å²) < 4.78 is 10.8. The van der Waals surface area contributed by atoms with Gasteiger partial charge in [0.25, 0.3) is 5.91 Å². The molecule has 0 spiro atoms. The van der Waals surface area contributed by atoms with Crippen LogP contribution >= 0.6 is 11.6 Å². The van der Waals surface area contributed by atoms with Gasteiger partial charge < -0.3 is 14.4 Å². The standard InChI is InChI=1S/C18H22ClNO4/c1-12-10-20(11-13(2)23-12)18(22)14(3)24-17(21)8-7-15-5-4-6-16(19)9-15/h4-9,12-14H,10-11H2,1-3H3/b8-7+. The molecule has 0 aromatic heterocycles. The van der Waals surface area contributed by atoms with Crippen LogP contribution in [0, 0.1) is 0 Å². The average Bonchev–Trinajstić information content (AvgIpc) is 2.51. The second kappa shape index (κ2) is 8.31. The number of hydrogen-bond donors (Lipinski definition) is 0. The van der Waals surface area contributed by atoms with E-state index in [-0.39, 0.29) is 18.1 Å². The number of amides is 1. The van der Waals surface area contributed by atoms with Gasteiger partial charge >= 0.3 is 5.97 Å². The fraction of sp³-hybridized carbons (Fsp3) is 0.444. The number of nitrogens with zero attached hydrogens (tertiary/aromatic N) is 1. The van der Waals surface area contributed by atoms with Crippen LogP contribution in [0.4, 0.5) is 0 Å². The van der Waals surface area contributed by atoms with Crippen LogP contribution in [-0.4, -0.2) is 48.2 Å². The monoisotopic (exact) mass is 351 g/mol. The molecular formula is C18H22ClNO4. The molecular weight excluding hydrogens is 330 g/mol. The second-order valence-corrected chi connectivity index (χ2v) is 6.40. The van der Waals surface area contributed by atoms with Crippen molar-refractivity contribution in [3.63, 3.8) is 0 Å². The number of hydrogen-bond acceptors (Lipinski definition) is 4. The van der Waals surface area contributed by atoms with E-state index in [9.17, 15) is 9.59 Å². The van der Waals surface area contributed by atoms with E-state index in [1.807, 2.05) is 19.9 Å². The molecule has 1 amide bonds. The van der Waals surface area contributed by atoms with Crippen molar-refractivity contribution < 1.29 is 19.1 Å². The smallest absolute Gasteiger partial charge is 0.331 e. The Balaban J connectivity index is 1.89. The molecule has 6 heteroatoms. The van der Waals surface area contributed by atoms with Crippen LogP contribution in [0.25, 0.3) is 6.08 Å². The highest BCUT2D eigenvalue weighted by Gasteiger charge is 2.30. The van der Waals surface area contributed by atoms with E-state index in [1.54, 1.807) is 36.1 Å². The number of halogens is 1. The van der Waals surface area contributed by atoms with Crippen LogP contribution < -0.4 is 0 Å². The number of rotatable bonds is 4. The van der Waals surface area contributed by atoms with E-state index in [0.29, 0.717) is 18.1 Å². The molecule has 0 bridgehead atoms. The summed E-state index contributed by atoms with van der Waals surface area (Å²) in [5.41, 5.74) is 0.786. The Morgan fingerprint density at radius 3 is 2.62 bits per heavy atom. The lowest BCUT2D eigenvalue weighted by Crippen LogP contribution is -2.51. The Bertz CT molecular complexity index is 621. The van der Waals surface area contributed by atoms with Gasteiger partial charge in [-0.05, 0) is 44.5 Å². The number of benzene rings is 1. The molecule has 1 fully saturated rings. The third-order valence-corrected chi connectivity index (χ3v) is 3.87. The van der Waals surface area contributed by atoms with Crippen molar-refractivity contribution in [1.82, 2.24) is 4.90 Å². The molecule has 1 aromatic carbocycles. The minimum absolute atomic E-state index is 0.0247. The number of carbonyl (C=O) groups is 2. The summed E-state index contributed by atoms with van der Waals surface area (Å²) in [6.07, 6.45) is 2.01. The molecule has 1 aliphatic heterocycles. The average molecular weight is 352 g/mol. The molecule has 0 aliphatic carbocycles. The van der Waals surface area contributed by atoms with Crippen molar-refractivity contribution in [2.45, 2.75) is 39.1 Å². The molecule has 0 radical (unpaired) electrons. The van der Waals surface area contributed by atoms with E-state index in [4.69, 9.17) is 21.1 Å². The van der Waals surface area contributed by atoms with Crippen molar-refractivity contribution >= 4 is 29.6 Å². The number of ether oxygens (including phenoxy) is 2. The lowest BCUT2D eigenvalue weighted by atomic mass is 10.2. The van der Waals surface area contributed by atoms with Crippen LogP contribution in [-0.2, 0) is 19.1 Å². The maximum atomic E-state index is 12.4. The zero-order valence-corrected chi connectivity index (χ0v) is 14.8. The van der Waals surface area contributed by atoms with E-state index in [1.165, 1.54) is 6.08 Å². The first-order chi connectivity index (χ1) is 11.3. The maximum absolute atomic E-state index is 12.4. The molecule has 2 rings (SSSR count). The molecule has 5 nitrogen and oxygen atoms in total. The van der Waals surface area contributed by atoms with Gasteiger partial charge in [0.2, 0.25) is 0 Å². The van der Waals surface area contributed by atoms with Gasteiger partial charge in [-0.2, -0.15) is 0 Å². The minimum Gasteiger partial charge on any atom is -0.449 e. The van der Waals surface area contributed by atoms with E-state index in [2.05, 4.69) is 0 Å². The van der Waals surface area contributed by atoms with Crippen LogP contribution in [0.3, 0.4) is 0 Å². The highest BCUT2D eigenvalue weighted by atomic mass is 35.5. The van der Waals surface area contributed by atoms with Crippen LogP contribution in [0.1, 0.15) is 26.3 Å². The van der Waals surface area contributed by atoms with Crippen LogP contribution in [0.15, 0.2) is 30.3 Å². The van der Waals surface area contributed by atoms with Crippen LogP contribution in [0.5, 0.6) is 0 Å². The van der Waals surface area contributed by atoms with E-state index >= 15 is 0 Å². The molecule has 0 N–H and O–H groups in total. The molecule has 0 saturated carbocycles. The highest BCUT2D eigenvalue weighted by molar-refractivity contribution is 6.30. The van der Waals surface area contributed by atoms with Gasteiger partial charge in [0, 0.05) is 24.2 Å². The van der Waals surface area contributed by atoms with Crippen LogP contribution in [0.2, 0.25) is 5.02 Å². The highest BCUT2D eigenvalue weighted by Crippen LogP contribution is 2.14. The normalized spacial score (nSPS) is 22.4. The molecule has 1 aromatic rings. The fourth-order valence-corrected chi connectivity index (χ4v) is 2.85. The largest absolute Gasteiger partial charge is 0.449 e. The molecule has 3 atom stereocenters. The first-order valence-electron chi connectivity index (χ1n) is 7.93. The Kier molecular flexibility index (Phi) is 6.40. The Hall–Kier alpha value is -1.85. The molecule has 130 valence electrons. The predicted molar refractivity (Wildman–Crippen MR) is 92.6 cm³/mol. The molecule has 3 unspecified atom stereocenters. The van der Waals surface area contributed by atoms with Crippen molar-refractivity contribution in [2.24, 2.45) is 0 Å². The Morgan fingerprint density at radius 2 is 2.00 bits per heavy atom. The summed E-state index contributed by atoms with van der Waals surface area (Å²) in [6, 6.07) is 7.10. The zero-order valence-electron chi connectivity index (χ0n) is 14.1. The molecule has 1 heterocycles. The summed E-state index contributed by atoms with van der Waals surface area (Å²) in [5, 5.41) is 0.588. The van der Waals surface area contributed by atoms with Gasteiger partial charge in [-0.3, -0.25) is 4.79 Å². The topological polar surface area (TPSA) is 55.8 Å². The number of esters is 1. The third kappa shape index (κ3) is 5.35. The SMILES string of the molecule is CC1CN(C(=O)C(C)OC(=O)/C=C/c2cccc(Cl)c2)CC(C)O1. The predicted octanol–water partition coefficient (Wildman–Crippen LogP) is 2.92. The van der Waals surface area contributed by atoms with Gasteiger partial charge in [0.05, 0.1) is 12.2 Å².